The van der Waals surface area contributed by atoms with Gasteiger partial charge in [-0.05, 0) is 24.3 Å². The van der Waals surface area contributed by atoms with Gasteiger partial charge in [0.05, 0.1) is 0 Å². The molecule has 0 atom stereocenters. The Balaban J connectivity index is 2.34. The van der Waals surface area contributed by atoms with Crippen molar-refractivity contribution in [1.29, 1.82) is 5.41 Å². The first kappa shape index (κ1) is 14.3. The molecule has 0 aliphatic heterocycles. The highest BCUT2D eigenvalue weighted by Gasteiger charge is 2.12. The van der Waals surface area contributed by atoms with Crippen LogP contribution in [0.5, 0.6) is 0 Å². The molecule has 0 radical (unpaired) electrons. The molecule has 104 valence electrons. The van der Waals surface area contributed by atoms with Crippen LogP contribution in [0, 0.1) is 11.2 Å². The summed E-state index contributed by atoms with van der Waals surface area (Å²) in [6, 6.07) is 11.7. The molecule has 0 saturated carbocycles. The second kappa shape index (κ2) is 5.92. The van der Waals surface area contributed by atoms with Gasteiger partial charge in [-0.25, -0.2) is 4.39 Å². The van der Waals surface area contributed by atoms with Crippen LogP contribution in [0.3, 0.4) is 0 Å². The fraction of sp³-hybridized carbons (Fsp3) is 0.133. The van der Waals surface area contributed by atoms with E-state index in [0.29, 0.717) is 28.4 Å². The molecule has 20 heavy (non-hydrogen) atoms. The zero-order valence-electron chi connectivity index (χ0n) is 11.0. The Hall–Kier alpha value is -2.07. The lowest BCUT2D eigenvalue weighted by Crippen LogP contribution is -2.22. The molecule has 2 aromatic rings. The van der Waals surface area contributed by atoms with Gasteiger partial charge in [-0.3, -0.25) is 5.41 Å². The minimum atomic E-state index is -0.259. The first-order valence-corrected chi connectivity index (χ1v) is 6.45. The van der Waals surface area contributed by atoms with Gasteiger partial charge in [0.25, 0.3) is 0 Å². The molecule has 0 saturated heterocycles. The molecular weight excluding hydrogens is 277 g/mol. The molecule has 0 heterocycles. The van der Waals surface area contributed by atoms with E-state index in [9.17, 15) is 4.39 Å². The molecule has 0 bridgehead atoms. The number of hydrogen-bond donors (Lipinski definition) is 2. The van der Waals surface area contributed by atoms with Crippen molar-refractivity contribution in [1.82, 2.24) is 0 Å². The molecule has 3 N–H and O–H groups in total. The minimum absolute atomic E-state index is 0.0444. The summed E-state index contributed by atoms with van der Waals surface area (Å²) < 4.78 is 13.7. The summed E-state index contributed by atoms with van der Waals surface area (Å²) in [7, 11) is 1.81. The normalized spacial score (nSPS) is 10.3. The minimum Gasteiger partial charge on any atom is -0.384 e. The Bertz CT molecular complexity index is 643. The fourth-order valence-corrected chi connectivity index (χ4v) is 2.18. The Labute approximate surface area is 122 Å². The number of rotatable bonds is 4. The number of nitrogens with two attached hydrogens (primary N) is 1. The lowest BCUT2D eigenvalue weighted by molar-refractivity contribution is 0.608. The van der Waals surface area contributed by atoms with Gasteiger partial charge in [0.2, 0.25) is 0 Å². The van der Waals surface area contributed by atoms with Gasteiger partial charge in [0.1, 0.15) is 11.7 Å². The molecule has 0 aromatic heterocycles. The van der Waals surface area contributed by atoms with E-state index in [1.54, 1.807) is 36.4 Å². The van der Waals surface area contributed by atoms with Crippen LogP contribution in [0.4, 0.5) is 10.1 Å². The van der Waals surface area contributed by atoms with Crippen LogP contribution in [0.25, 0.3) is 0 Å². The van der Waals surface area contributed by atoms with Crippen LogP contribution in [-0.4, -0.2) is 12.9 Å². The fourth-order valence-electron chi connectivity index (χ4n) is 2.02. The number of nitrogen functional groups attached to an aromatic ring is 1. The van der Waals surface area contributed by atoms with Gasteiger partial charge in [0.15, 0.2) is 0 Å². The van der Waals surface area contributed by atoms with Crippen LogP contribution in [-0.2, 0) is 6.54 Å². The summed E-state index contributed by atoms with van der Waals surface area (Å²) >= 11 is 5.99. The number of nitrogens with zero attached hydrogens (tertiary/aromatic N) is 1. The number of anilines is 1. The average molecular weight is 292 g/mol. The molecule has 2 aromatic carbocycles. The van der Waals surface area contributed by atoms with E-state index in [0.717, 1.165) is 0 Å². The first-order chi connectivity index (χ1) is 9.49. The van der Waals surface area contributed by atoms with Crippen LogP contribution in [0.2, 0.25) is 5.02 Å². The molecular formula is C15H15ClFN3. The van der Waals surface area contributed by atoms with E-state index in [2.05, 4.69) is 0 Å². The van der Waals surface area contributed by atoms with Crippen LogP contribution in [0.1, 0.15) is 11.1 Å². The maximum absolute atomic E-state index is 13.7. The number of benzene rings is 2. The van der Waals surface area contributed by atoms with Gasteiger partial charge >= 0.3 is 0 Å². The summed E-state index contributed by atoms with van der Waals surface area (Å²) in [6.07, 6.45) is 0. The Morgan fingerprint density at radius 1 is 1.30 bits per heavy atom. The van der Waals surface area contributed by atoms with Crippen LogP contribution < -0.4 is 10.6 Å². The molecule has 0 amide bonds. The van der Waals surface area contributed by atoms with E-state index in [-0.39, 0.29) is 11.7 Å². The van der Waals surface area contributed by atoms with Crippen molar-refractivity contribution >= 4 is 23.1 Å². The largest absolute Gasteiger partial charge is 0.384 e. The van der Waals surface area contributed by atoms with Crippen molar-refractivity contribution in [2.24, 2.45) is 5.73 Å². The molecule has 0 aliphatic carbocycles. The van der Waals surface area contributed by atoms with Crippen molar-refractivity contribution in [2.45, 2.75) is 6.54 Å². The van der Waals surface area contributed by atoms with E-state index < -0.39 is 0 Å². The highest BCUT2D eigenvalue weighted by molar-refractivity contribution is 6.31. The molecule has 0 spiro atoms. The maximum atomic E-state index is 13.7. The second-order valence-corrected chi connectivity index (χ2v) is 4.96. The first-order valence-electron chi connectivity index (χ1n) is 6.07. The van der Waals surface area contributed by atoms with Crippen LogP contribution >= 0.6 is 11.6 Å². The summed E-state index contributed by atoms with van der Waals surface area (Å²) in [6.45, 7) is 0.368. The van der Waals surface area contributed by atoms with Crippen molar-refractivity contribution in [3.05, 3.63) is 64.4 Å². The molecule has 3 nitrogen and oxygen atoms in total. The van der Waals surface area contributed by atoms with E-state index in [4.69, 9.17) is 22.7 Å². The average Bonchev–Trinajstić information content (AvgIpc) is 2.40. The zero-order chi connectivity index (χ0) is 14.7. The summed E-state index contributed by atoms with van der Waals surface area (Å²) in [5.41, 5.74) is 7.42. The Morgan fingerprint density at radius 2 is 2.00 bits per heavy atom. The van der Waals surface area contributed by atoms with Crippen LogP contribution in [0.15, 0.2) is 42.5 Å². The third kappa shape index (κ3) is 3.08. The Morgan fingerprint density at radius 3 is 2.65 bits per heavy atom. The van der Waals surface area contributed by atoms with E-state index in [1.165, 1.54) is 6.07 Å². The monoisotopic (exact) mass is 291 g/mol. The predicted molar refractivity (Wildman–Crippen MR) is 81.0 cm³/mol. The lowest BCUT2D eigenvalue weighted by Gasteiger charge is -2.22. The quantitative estimate of drug-likeness (QED) is 0.670. The van der Waals surface area contributed by atoms with Gasteiger partial charge in [-0.1, -0.05) is 29.8 Å². The second-order valence-electron chi connectivity index (χ2n) is 4.52. The van der Waals surface area contributed by atoms with Gasteiger partial charge in [-0.2, -0.15) is 0 Å². The molecule has 0 aliphatic rings. The van der Waals surface area contributed by atoms with Gasteiger partial charge in [0, 0.05) is 35.4 Å². The Kier molecular flexibility index (Phi) is 4.25. The zero-order valence-corrected chi connectivity index (χ0v) is 11.8. The van der Waals surface area contributed by atoms with Crippen molar-refractivity contribution in [3.8, 4) is 0 Å². The lowest BCUT2D eigenvalue weighted by atomic mass is 10.1. The van der Waals surface area contributed by atoms with Crippen molar-refractivity contribution in [3.63, 3.8) is 0 Å². The third-order valence-corrected chi connectivity index (χ3v) is 3.26. The SMILES string of the molecule is CN(Cc1ccccc1F)c1cc(Cl)ccc1C(=N)N. The number of halogens is 2. The number of amidine groups is 1. The predicted octanol–water partition coefficient (Wildman–Crippen LogP) is 3.40. The van der Waals surface area contributed by atoms with Gasteiger partial charge in [-0.15, -0.1) is 0 Å². The third-order valence-electron chi connectivity index (χ3n) is 3.03. The topological polar surface area (TPSA) is 53.1 Å². The van der Waals surface area contributed by atoms with Crippen molar-refractivity contribution in [2.75, 3.05) is 11.9 Å². The summed E-state index contributed by atoms with van der Waals surface area (Å²) in [4.78, 5) is 1.82. The maximum Gasteiger partial charge on any atom is 0.128 e. The van der Waals surface area contributed by atoms with E-state index in [1.807, 2.05) is 11.9 Å². The smallest absolute Gasteiger partial charge is 0.128 e. The standard InChI is InChI=1S/C15H15ClFN3/c1-20(9-10-4-2-3-5-13(10)17)14-8-11(16)6-7-12(14)15(18)19/h2-8H,9H2,1H3,(H3,18,19). The molecule has 5 heteroatoms. The summed E-state index contributed by atoms with van der Waals surface area (Å²) in [5.74, 6) is -0.303. The molecule has 0 fully saturated rings. The van der Waals surface area contributed by atoms with Gasteiger partial charge < -0.3 is 10.6 Å². The summed E-state index contributed by atoms with van der Waals surface area (Å²) in [5, 5.41) is 8.14. The highest BCUT2D eigenvalue weighted by atomic mass is 35.5. The van der Waals surface area contributed by atoms with Crippen molar-refractivity contribution < 1.29 is 4.39 Å². The molecule has 2 rings (SSSR count). The van der Waals surface area contributed by atoms with E-state index >= 15 is 0 Å². The number of hydrogen-bond acceptors (Lipinski definition) is 2. The highest BCUT2D eigenvalue weighted by Crippen LogP contribution is 2.25. The molecule has 0 unspecified atom stereocenters. The number of nitrogens with one attached hydrogen (secondary N) is 1.